The molecular weight excluding hydrogens is 300 g/mol. The van der Waals surface area contributed by atoms with Crippen LogP contribution >= 0.6 is 11.6 Å². The molecule has 0 radical (unpaired) electrons. The zero-order chi connectivity index (χ0) is 15.4. The van der Waals surface area contributed by atoms with E-state index in [1.54, 1.807) is 0 Å². The maximum Gasteiger partial charge on any atom is 0.323 e. The van der Waals surface area contributed by atoms with Crippen molar-refractivity contribution in [3.63, 3.8) is 0 Å². The van der Waals surface area contributed by atoms with E-state index in [2.05, 4.69) is 0 Å². The Morgan fingerprint density at radius 3 is 1.95 bits per heavy atom. The van der Waals surface area contributed by atoms with Crippen LogP contribution in [0.4, 0.5) is 8.78 Å². The lowest BCUT2D eigenvalue weighted by molar-refractivity contribution is -0.140. The molecule has 1 amide bonds. The molecule has 0 aromatic heterocycles. The highest BCUT2D eigenvalue weighted by molar-refractivity contribution is 6.33. The molecule has 0 unspecified atom stereocenters. The quantitative estimate of drug-likeness (QED) is 0.798. The minimum atomic E-state index is -1.46. The Kier molecular flexibility index (Phi) is 4.98. The third-order valence-corrected chi connectivity index (χ3v) is 2.49. The molecule has 0 aliphatic heterocycles. The van der Waals surface area contributed by atoms with Gasteiger partial charge in [-0.2, -0.15) is 0 Å². The van der Waals surface area contributed by atoms with Gasteiger partial charge in [-0.05, 0) is 12.1 Å². The number of aliphatic carboxylic acids is 2. The number of carbonyl (C=O) groups is 3. The average molecular weight is 308 g/mol. The van der Waals surface area contributed by atoms with Crippen LogP contribution in [0.2, 0.25) is 5.02 Å². The van der Waals surface area contributed by atoms with E-state index in [4.69, 9.17) is 21.8 Å². The molecule has 0 saturated carbocycles. The Bertz CT molecular complexity index is 562. The highest BCUT2D eigenvalue weighted by Gasteiger charge is 2.24. The van der Waals surface area contributed by atoms with Crippen LogP contribution < -0.4 is 0 Å². The molecule has 0 saturated heterocycles. The van der Waals surface area contributed by atoms with E-state index in [9.17, 15) is 23.2 Å². The van der Waals surface area contributed by atoms with Crippen LogP contribution in [0.1, 0.15) is 10.4 Å². The Balaban J connectivity index is 3.14. The Morgan fingerprint density at radius 1 is 1.05 bits per heavy atom. The van der Waals surface area contributed by atoms with Crippen molar-refractivity contribution < 1.29 is 33.4 Å². The SMILES string of the molecule is O=C(O)CN(CC(=O)O)C(=O)c1cc(F)c(F)cc1Cl. The van der Waals surface area contributed by atoms with Gasteiger partial charge in [-0.1, -0.05) is 11.6 Å². The second kappa shape index (κ2) is 6.29. The number of carboxylic acids is 2. The lowest BCUT2D eigenvalue weighted by Gasteiger charge is -2.19. The summed E-state index contributed by atoms with van der Waals surface area (Å²) in [6.07, 6.45) is 0. The fourth-order valence-corrected chi connectivity index (χ4v) is 1.61. The Hall–Kier alpha value is -2.22. The van der Waals surface area contributed by atoms with Gasteiger partial charge in [-0.15, -0.1) is 0 Å². The van der Waals surface area contributed by atoms with Crippen molar-refractivity contribution in [2.45, 2.75) is 0 Å². The average Bonchev–Trinajstić information content (AvgIpc) is 2.31. The largest absolute Gasteiger partial charge is 0.480 e. The van der Waals surface area contributed by atoms with Gasteiger partial charge in [-0.25, -0.2) is 8.78 Å². The zero-order valence-electron chi connectivity index (χ0n) is 9.77. The number of hydrogen-bond donors (Lipinski definition) is 2. The molecule has 6 nitrogen and oxygen atoms in total. The molecule has 0 aliphatic rings. The van der Waals surface area contributed by atoms with Crippen LogP contribution in [0.15, 0.2) is 12.1 Å². The first-order chi connectivity index (χ1) is 9.22. The van der Waals surface area contributed by atoms with Crippen LogP contribution in [-0.2, 0) is 9.59 Å². The van der Waals surface area contributed by atoms with Crippen molar-refractivity contribution in [2.75, 3.05) is 13.1 Å². The number of halogens is 3. The topological polar surface area (TPSA) is 94.9 Å². The lowest BCUT2D eigenvalue weighted by atomic mass is 10.2. The van der Waals surface area contributed by atoms with Crippen LogP contribution in [-0.4, -0.2) is 46.0 Å². The summed E-state index contributed by atoms with van der Waals surface area (Å²) >= 11 is 5.56. The summed E-state index contributed by atoms with van der Waals surface area (Å²) in [4.78, 5) is 33.5. The van der Waals surface area contributed by atoms with E-state index >= 15 is 0 Å². The van der Waals surface area contributed by atoms with E-state index in [0.29, 0.717) is 17.0 Å². The van der Waals surface area contributed by atoms with Gasteiger partial charge in [0.15, 0.2) is 11.6 Å². The molecule has 20 heavy (non-hydrogen) atoms. The summed E-state index contributed by atoms with van der Waals surface area (Å²) in [6, 6.07) is 1.03. The van der Waals surface area contributed by atoms with E-state index in [0.717, 1.165) is 0 Å². The Morgan fingerprint density at radius 2 is 1.50 bits per heavy atom. The number of amides is 1. The van der Waals surface area contributed by atoms with Crippen LogP contribution in [0.3, 0.4) is 0 Å². The van der Waals surface area contributed by atoms with E-state index < -0.39 is 53.2 Å². The molecule has 1 aromatic carbocycles. The molecule has 0 aliphatic carbocycles. The van der Waals surface area contributed by atoms with Gasteiger partial charge in [0, 0.05) is 0 Å². The van der Waals surface area contributed by atoms with E-state index in [1.165, 1.54) is 0 Å². The summed E-state index contributed by atoms with van der Waals surface area (Å²) in [6.45, 7) is -1.83. The summed E-state index contributed by atoms with van der Waals surface area (Å²) in [5.74, 6) is -6.69. The fraction of sp³-hybridized carbons (Fsp3) is 0.182. The van der Waals surface area contributed by atoms with Gasteiger partial charge in [0.25, 0.3) is 5.91 Å². The molecule has 0 heterocycles. The summed E-state index contributed by atoms with van der Waals surface area (Å²) in [5, 5.41) is 16.8. The van der Waals surface area contributed by atoms with Gasteiger partial charge in [-0.3, -0.25) is 14.4 Å². The molecule has 0 fully saturated rings. The summed E-state index contributed by atoms with van der Waals surface area (Å²) in [7, 11) is 0. The lowest BCUT2D eigenvalue weighted by Crippen LogP contribution is -2.39. The van der Waals surface area contributed by atoms with Crippen molar-refractivity contribution in [1.29, 1.82) is 0 Å². The third kappa shape index (κ3) is 3.89. The second-order valence-corrected chi connectivity index (χ2v) is 4.10. The smallest absolute Gasteiger partial charge is 0.323 e. The van der Waals surface area contributed by atoms with Crippen LogP contribution in [0, 0.1) is 11.6 Å². The normalized spacial score (nSPS) is 10.2. The first-order valence-electron chi connectivity index (χ1n) is 5.09. The van der Waals surface area contributed by atoms with Crippen molar-refractivity contribution in [2.24, 2.45) is 0 Å². The Labute approximate surface area is 116 Å². The highest BCUT2D eigenvalue weighted by atomic mass is 35.5. The van der Waals surface area contributed by atoms with Gasteiger partial charge < -0.3 is 15.1 Å². The molecule has 0 spiro atoms. The first-order valence-corrected chi connectivity index (χ1v) is 5.47. The third-order valence-electron chi connectivity index (χ3n) is 2.18. The minimum Gasteiger partial charge on any atom is -0.480 e. The number of carbonyl (C=O) groups excluding carboxylic acids is 1. The highest BCUT2D eigenvalue weighted by Crippen LogP contribution is 2.21. The minimum absolute atomic E-state index is 0.434. The fourth-order valence-electron chi connectivity index (χ4n) is 1.38. The number of benzene rings is 1. The standard InChI is InChI=1S/C11H8ClF2NO5/c12-6-2-8(14)7(13)1-5(6)11(20)15(3-9(16)17)4-10(18)19/h1-2H,3-4H2,(H,16,17)(H,18,19). The number of hydrogen-bond acceptors (Lipinski definition) is 3. The van der Waals surface area contributed by atoms with Crippen molar-refractivity contribution in [3.8, 4) is 0 Å². The van der Waals surface area contributed by atoms with Gasteiger partial charge in [0.1, 0.15) is 13.1 Å². The maximum atomic E-state index is 13.1. The van der Waals surface area contributed by atoms with Gasteiger partial charge in [0.05, 0.1) is 10.6 Å². The predicted octanol–water partition coefficient (Wildman–Crippen LogP) is 1.23. The molecule has 2 N–H and O–H groups in total. The molecule has 1 aromatic rings. The van der Waals surface area contributed by atoms with E-state index in [-0.39, 0.29) is 0 Å². The molecule has 108 valence electrons. The molecular formula is C11H8ClF2NO5. The van der Waals surface area contributed by atoms with Gasteiger partial charge >= 0.3 is 11.9 Å². The molecule has 1 rings (SSSR count). The van der Waals surface area contributed by atoms with Crippen LogP contribution in [0.5, 0.6) is 0 Å². The van der Waals surface area contributed by atoms with Crippen molar-refractivity contribution in [1.82, 2.24) is 4.90 Å². The van der Waals surface area contributed by atoms with Crippen molar-refractivity contribution in [3.05, 3.63) is 34.4 Å². The van der Waals surface area contributed by atoms with Crippen LogP contribution in [0.25, 0.3) is 0 Å². The predicted molar refractivity (Wildman–Crippen MR) is 62.5 cm³/mol. The zero-order valence-corrected chi connectivity index (χ0v) is 10.5. The number of nitrogens with zero attached hydrogens (tertiary/aromatic N) is 1. The summed E-state index contributed by atoms with van der Waals surface area (Å²) in [5.41, 5.74) is -0.520. The molecule has 0 bridgehead atoms. The van der Waals surface area contributed by atoms with E-state index in [1.807, 2.05) is 0 Å². The molecule has 9 heteroatoms. The first kappa shape index (κ1) is 15.8. The number of carboxylic acid groups (broad SMARTS) is 2. The summed E-state index contributed by atoms with van der Waals surface area (Å²) < 4.78 is 25.9. The second-order valence-electron chi connectivity index (χ2n) is 3.69. The van der Waals surface area contributed by atoms with Gasteiger partial charge in [0.2, 0.25) is 0 Å². The monoisotopic (exact) mass is 307 g/mol. The van der Waals surface area contributed by atoms with Crippen molar-refractivity contribution >= 4 is 29.4 Å². The molecule has 0 atom stereocenters. The maximum absolute atomic E-state index is 13.1. The number of rotatable bonds is 5.